The van der Waals surface area contributed by atoms with Gasteiger partial charge in [0.1, 0.15) is 0 Å². The maximum absolute atomic E-state index is 5.04. The van der Waals surface area contributed by atoms with Gasteiger partial charge in [0.15, 0.2) is 5.96 Å². The first kappa shape index (κ1) is 21.8. The highest BCUT2D eigenvalue weighted by molar-refractivity contribution is 14.0. The van der Waals surface area contributed by atoms with Gasteiger partial charge in [-0.1, -0.05) is 24.3 Å². The molecule has 156 valence electrons. The lowest BCUT2D eigenvalue weighted by molar-refractivity contribution is 0.369. The Kier molecular flexibility index (Phi) is 8.09. The number of fused-ring (bicyclic) bond motifs is 1. The van der Waals surface area contributed by atoms with Crippen LogP contribution < -0.4 is 10.2 Å². The number of piperazine rings is 1. The van der Waals surface area contributed by atoms with Crippen LogP contribution in [0.25, 0.3) is 0 Å². The van der Waals surface area contributed by atoms with E-state index in [0.29, 0.717) is 5.92 Å². The number of benzene rings is 1. The van der Waals surface area contributed by atoms with E-state index in [1.165, 1.54) is 30.4 Å². The molecule has 0 saturated carbocycles. The van der Waals surface area contributed by atoms with E-state index >= 15 is 0 Å². The predicted octanol–water partition coefficient (Wildman–Crippen LogP) is 3.30. The number of hydrogen-bond donors (Lipinski definition) is 1. The molecule has 1 atom stereocenters. The van der Waals surface area contributed by atoms with Gasteiger partial charge in [-0.05, 0) is 43.4 Å². The number of hydrogen-bond acceptors (Lipinski definition) is 4. The molecule has 6 nitrogen and oxygen atoms in total. The third kappa shape index (κ3) is 5.38. The van der Waals surface area contributed by atoms with Gasteiger partial charge in [-0.25, -0.2) is 9.97 Å². The lowest BCUT2D eigenvalue weighted by atomic mass is 9.83. The van der Waals surface area contributed by atoms with Gasteiger partial charge in [0.25, 0.3) is 0 Å². The predicted molar refractivity (Wildman–Crippen MR) is 129 cm³/mol. The van der Waals surface area contributed by atoms with Crippen LogP contribution in [0.1, 0.15) is 36.8 Å². The van der Waals surface area contributed by atoms with E-state index in [-0.39, 0.29) is 24.0 Å². The number of rotatable bonds is 4. The number of aromatic nitrogens is 2. The van der Waals surface area contributed by atoms with Gasteiger partial charge in [0, 0.05) is 57.6 Å². The first-order chi connectivity index (χ1) is 13.8. The molecular formula is C22H31IN6. The lowest BCUT2D eigenvalue weighted by Crippen LogP contribution is -2.53. The average molecular weight is 506 g/mol. The largest absolute Gasteiger partial charge is 0.357 e. The molecule has 1 fully saturated rings. The van der Waals surface area contributed by atoms with E-state index in [1.54, 1.807) is 0 Å². The Bertz CT molecular complexity index is 789. The van der Waals surface area contributed by atoms with Crippen LogP contribution in [0.4, 0.5) is 5.95 Å². The number of nitrogens with zero attached hydrogens (tertiary/aromatic N) is 5. The van der Waals surface area contributed by atoms with Crippen molar-refractivity contribution in [1.82, 2.24) is 20.2 Å². The third-order valence-electron chi connectivity index (χ3n) is 5.70. The molecule has 2 aliphatic rings. The van der Waals surface area contributed by atoms with Gasteiger partial charge in [0.05, 0.1) is 0 Å². The molecule has 0 spiro atoms. The van der Waals surface area contributed by atoms with Crippen molar-refractivity contribution in [3.05, 3.63) is 53.9 Å². The summed E-state index contributed by atoms with van der Waals surface area (Å²) >= 11 is 0. The molecule has 1 unspecified atom stereocenters. The third-order valence-corrected chi connectivity index (χ3v) is 5.70. The summed E-state index contributed by atoms with van der Waals surface area (Å²) in [5.41, 5.74) is 3.01. The normalized spacial score (nSPS) is 19.3. The zero-order valence-electron chi connectivity index (χ0n) is 17.1. The fourth-order valence-electron chi connectivity index (χ4n) is 4.24. The molecule has 0 amide bonds. The van der Waals surface area contributed by atoms with Crippen LogP contribution in [0.3, 0.4) is 0 Å². The molecule has 4 rings (SSSR count). The molecule has 1 saturated heterocycles. The summed E-state index contributed by atoms with van der Waals surface area (Å²) in [4.78, 5) is 18.4. The first-order valence-corrected chi connectivity index (χ1v) is 10.5. The van der Waals surface area contributed by atoms with E-state index in [0.717, 1.165) is 51.2 Å². The maximum atomic E-state index is 5.04. The average Bonchev–Trinajstić information content (AvgIpc) is 2.77. The topological polar surface area (TPSA) is 56.7 Å². The number of aliphatic imine (C=N–C) groups is 1. The van der Waals surface area contributed by atoms with Crippen LogP contribution >= 0.6 is 24.0 Å². The van der Waals surface area contributed by atoms with Crippen LogP contribution in [0.2, 0.25) is 0 Å². The van der Waals surface area contributed by atoms with Crippen molar-refractivity contribution in [3.63, 3.8) is 0 Å². The maximum Gasteiger partial charge on any atom is 0.225 e. The molecular weight excluding hydrogens is 475 g/mol. The number of aryl methyl sites for hydroxylation is 1. The molecule has 2 heterocycles. The van der Waals surface area contributed by atoms with E-state index in [9.17, 15) is 0 Å². The molecule has 1 aliphatic heterocycles. The number of guanidine groups is 1. The van der Waals surface area contributed by atoms with Gasteiger partial charge in [0.2, 0.25) is 5.95 Å². The van der Waals surface area contributed by atoms with Gasteiger partial charge in [-0.2, -0.15) is 0 Å². The van der Waals surface area contributed by atoms with E-state index in [4.69, 9.17) is 4.99 Å². The molecule has 7 heteroatoms. The molecule has 29 heavy (non-hydrogen) atoms. The number of halogens is 1. The second-order valence-corrected chi connectivity index (χ2v) is 7.51. The monoisotopic (exact) mass is 506 g/mol. The minimum Gasteiger partial charge on any atom is -0.357 e. The highest BCUT2D eigenvalue weighted by Gasteiger charge is 2.23. The summed E-state index contributed by atoms with van der Waals surface area (Å²) in [5.74, 6) is 2.40. The summed E-state index contributed by atoms with van der Waals surface area (Å²) in [5, 5.41) is 3.50. The number of anilines is 1. The SMILES string of the molecule is CCNC(=NCC1CCCc2ccccc21)N1CCN(c2ncccn2)CC1.I. The van der Waals surface area contributed by atoms with Gasteiger partial charge < -0.3 is 15.1 Å². The van der Waals surface area contributed by atoms with Crippen molar-refractivity contribution in [3.8, 4) is 0 Å². The summed E-state index contributed by atoms with van der Waals surface area (Å²) in [6.45, 7) is 7.60. The van der Waals surface area contributed by atoms with Crippen molar-refractivity contribution in [2.24, 2.45) is 4.99 Å². The molecule has 1 aliphatic carbocycles. The summed E-state index contributed by atoms with van der Waals surface area (Å²) < 4.78 is 0. The van der Waals surface area contributed by atoms with E-state index < -0.39 is 0 Å². The highest BCUT2D eigenvalue weighted by atomic mass is 127. The van der Waals surface area contributed by atoms with Gasteiger partial charge in [-0.3, -0.25) is 4.99 Å². The van der Waals surface area contributed by atoms with Crippen molar-refractivity contribution in [2.45, 2.75) is 32.1 Å². The Morgan fingerprint density at radius 2 is 1.86 bits per heavy atom. The molecule has 1 aromatic heterocycles. The fourth-order valence-corrected chi connectivity index (χ4v) is 4.24. The molecule has 1 N–H and O–H groups in total. The minimum atomic E-state index is 0. The Morgan fingerprint density at radius 3 is 2.62 bits per heavy atom. The number of nitrogens with one attached hydrogen (secondary N) is 1. The van der Waals surface area contributed by atoms with E-state index in [1.807, 2.05) is 18.5 Å². The minimum absolute atomic E-state index is 0. The summed E-state index contributed by atoms with van der Waals surface area (Å²) in [6, 6.07) is 10.8. The van der Waals surface area contributed by atoms with Crippen molar-refractivity contribution in [1.29, 1.82) is 0 Å². The molecule has 0 radical (unpaired) electrons. The second-order valence-electron chi connectivity index (χ2n) is 7.51. The van der Waals surface area contributed by atoms with Crippen LogP contribution in [-0.2, 0) is 6.42 Å². The van der Waals surface area contributed by atoms with Gasteiger partial charge in [-0.15, -0.1) is 24.0 Å². The van der Waals surface area contributed by atoms with Crippen LogP contribution in [0.15, 0.2) is 47.7 Å². The van der Waals surface area contributed by atoms with Crippen LogP contribution in [0.5, 0.6) is 0 Å². The Labute approximate surface area is 190 Å². The quantitative estimate of drug-likeness (QED) is 0.392. The van der Waals surface area contributed by atoms with Crippen LogP contribution in [-0.4, -0.2) is 60.1 Å². The second kappa shape index (κ2) is 10.8. The van der Waals surface area contributed by atoms with Crippen LogP contribution in [0, 0.1) is 0 Å². The van der Waals surface area contributed by atoms with Crippen molar-refractivity contribution >= 4 is 35.9 Å². The Balaban J connectivity index is 0.00000240. The van der Waals surface area contributed by atoms with E-state index in [2.05, 4.69) is 56.3 Å². The Morgan fingerprint density at radius 1 is 1.10 bits per heavy atom. The lowest BCUT2D eigenvalue weighted by Gasteiger charge is -2.36. The molecule has 1 aromatic carbocycles. The summed E-state index contributed by atoms with van der Waals surface area (Å²) in [6.07, 6.45) is 7.33. The van der Waals surface area contributed by atoms with Crippen molar-refractivity contribution < 1.29 is 0 Å². The fraction of sp³-hybridized carbons (Fsp3) is 0.500. The zero-order valence-corrected chi connectivity index (χ0v) is 19.5. The summed E-state index contributed by atoms with van der Waals surface area (Å²) in [7, 11) is 0. The van der Waals surface area contributed by atoms with Gasteiger partial charge >= 0.3 is 0 Å². The zero-order chi connectivity index (χ0) is 19.2. The standard InChI is InChI=1S/C22H30N6.HI/c1-2-23-21(26-17-19-9-5-8-18-7-3-4-10-20(18)19)27-13-15-28(16-14-27)22-24-11-6-12-25-22;/h3-4,6-7,10-12,19H,2,5,8-9,13-17H2,1H3,(H,23,26);1H. The molecule has 0 bridgehead atoms. The smallest absolute Gasteiger partial charge is 0.225 e. The highest BCUT2D eigenvalue weighted by Crippen LogP contribution is 2.31. The Hall–Kier alpha value is -1.90. The first-order valence-electron chi connectivity index (χ1n) is 10.5. The van der Waals surface area contributed by atoms with Crippen molar-refractivity contribution in [2.75, 3.05) is 44.2 Å². The molecule has 2 aromatic rings.